The highest BCUT2D eigenvalue weighted by Crippen LogP contribution is 2.33. The Morgan fingerprint density at radius 3 is 2.63 bits per heavy atom. The molecule has 0 aliphatic carbocycles. The normalized spacial score (nSPS) is 23.9. The number of likely N-dealkylation sites (N-methyl/N-ethyl adjacent to an activating group) is 1. The molecule has 2 aromatic rings. The lowest BCUT2D eigenvalue weighted by atomic mass is 9.94. The van der Waals surface area contributed by atoms with Crippen molar-refractivity contribution in [2.24, 2.45) is 13.0 Å². The Labute approximate surface area is 221 Å². The number of hydrogen-bond acceptors (Lipinski definition) is 7. The van der Waals surface area contributed by atoms with Gasteiger partial charge in [0.25, 0.3) is 5.91 Å². The van der Waals surface area contributed by atoms with Crippen LogP contribution in [0.5, 0.6) is 5.75 Å². The number of anilines is 2. The molecule has 3 amide bonds. The molecule has 38 heavy (non-hydrogen) atoms. The first-order valence-electron chi connectivity index (χ1n) is 13.2. The molecule has 1 aromatic carbocycles. The van der Waals surface area contributed by atoms with Crippen LogP contribution in [0.4, 0.5) is 11.4 Å². The van der Waals surface area contributed by atoms with Gasteiger partial charge in [-0.2, -0.15) is 5.10 Å². The number of nitrogens with one attached hydrogen (secondary N) is 2. The summed E-state index contributed by atoms with van der Waals surface area (Å²) >= 11 is 0. The summed E-state index contributed by atoms with van der Waals surface area (Å²) in [5.41, 5.74) is 2.41. The number of carbonyl (C=O) groups is 3. The minimum absolute atomic E-state index is 0.0599. The van der Waals surface area contributed by atoms with Gasteiger partial charge in [-0.1, -0.05) is 0 Å². The third-order valence-corrected chi connectivity index (χ3v) is 7.57. The Hall–Kier alpha value is -3.44. The van der Waals surface area contributed by atoms with E-state index in [0.29, 0.717) is 61.6 Å². The van der Waals surface area contributed by atoms with E-state index in [2.05, 4.69) is 15.7 Å². The van der Waals surface area contributed by atoms with E-state index in [1.54, 1.807) is 41.0 Å². The van der Waals surface area contributed by atoms with Crippen molar-refractivity contribution in [3.05, 3.63) is 35.7 Å². The topological polar surface area (TPSA) is 124 Å². The quantitative estimate of drug-likeness (QED) is 0.615. The third-order valence-electron chi connectivity index (χ3n) is 7.57. The number of carbonyl (C=O) groups excluding carboxylic acids is 3. The number of amides is 3. The van der Waals surface area contributed by atoms with Crippen molar-refractivity contribution in [3.63, 3.8) is 0 Å². The van der Waals surface area contributed by atoms with Gasteiger partial charge in [0.2, 0.25) is 11.8 Å². The fourth-order valence-electron chi connectivity index (χ4n) is 5.44. The van der Waals surface area contributed by atoms with Crippen LogP contribution in [0.25, 0.3) is 0 Å². The van der Waals surface area contributed by atoms with E-state index in [9.17, 15) is 14.4 Å². The predicted molar refractivity (Wildman–Crippen MR) is 139 cm³/mol. The fourth-order valence-corrected chi connectivity index (χ4v) is 5.44. The summed E-state index contributed by atoms with van der Waals surface area (Å²) in [5.74, 6) is -0.0377. The minimum Gasteiger partial charge on any atom is -0.490 e. The summed E-state index contributed by atoms with van der Waals surface area (Å²) < 4.78 is 19.3. The molecular formula is C27H35N5O6. The van der Waals surface area contributed by atoms with Gasteiger partial charge in [0, 0.05) is 45.1 Å². The van der Waals surface area contributed by atoms with Crippen LogP contribution in [-0.4, -0.2) is 77.5 Å². The van der Waals surface area contributed by atoms with Crippen molar-refractivity contribution in [1.29, 1.82) is 0 Å². The lowest BCUT2D eigenvalue weighted by Gasteiger charge is -2.42. The standard InChI is InChI=1S/C27H35N5O6/c1-16-21(14-31(2)30-16)29-25(33)13-19-5-6-22-24(38-19)15-37-23-7-4-18(12-20(23)27(35)32(22)3)28-26(34)17-8-10-36-11-9-17/h4,7,12,14,17,19,22,24H,5-6,8-11,13,15H2,1-3H3,(H,28,34)(H,29,33)/t19-,22+,24-/m1/s1. The van der Waals surface area contributed by atoms with E-state index in [1.165, 1.54) is 0 Å². The molecule has 0 radical (unpaired) electrons. The van der Waals surface area contributed by atoms with Crippen LogP contribution in [0.2, 0.25) is 0 Å². The first-order chi connectivity index (χ1) is 18.3. The highest BCUT2D eigenvalue weighted by Gasteiger charge is 2.39. The van der Waals surface area contributed by atoms with Crippen LogP contribution < -0.4 is 15.4 Å². The van der Waals surface area contributed by atoms with Gasteiger partial charge < -0.3 is 29.7 Å². The van der Waals surface area contributed by atoms with E-state index < -0.39 is 0 Å². The molecule has 3 atom stereocenters. The van der Waals surface area contributed by atoms with E-state index in [0.717, 1.165) is 5.69 Å². The predicted octanol–water partition coefficient (Wildman–Crippen LogP) is 2.50. The van der Waals surface area contributed by atoms with Gasteiger partial charge >= 0.3 is 0 Å². The van der Waals surface area contributed by atoms with Crippen LogP contribution in [-0.2, 0) is 26.1 Å². The average Bonchev–Trinajstić information content (AvgIpc) is 3.22. The molecule has 5 rings (SSSR count). The van der Waals surface area contributed by atoms with Gasteiger partial charge in [-0.3, -0.25) is 19.1 Å². The Bertz CT molecular complexity index is 1210. The van der Waals surface area contributed by atoms with Crippen LogP contribution >= 0.6 is 0 Å². The maximum absolute atomic E-state index is 13.5. The van der Waals surface area contributed by atoms with Crippen molar-refractivity contribution >= 4 is 29.1 Å². The zero-order chi connectivity index (χ0) is 26.8. The fraction of sp³-hybridized carbons (Fsp3) is 0.556. The molecule has 11 nitrogen and oxygen atoms in total. The van der Waals surface area contributed by atoms with E-state index >= 15 is 0 Å². The van der Waals surface area contributed by atoms with Crippen LogP contribution in [0.3, 0.4) is 0 Å². The maximum atomic E-state index is 13.5. The molecule has 0 spiro atoms. The molecule has 0 saturated carbocycles. The van der Waals surface area contributed by atoms with Crippen LogP contribution in [0.1, 0.15) is 48.2 Å². The summed E-state index contributed by atoms with van der Waals surface area (Å²) in [6, 6.07) is 4.96. The Morgan fingerprint density at radius 1 is 1.11 bits per heavy atom. The molecule has 2 N–H and O–H groups in total. The van der Waals surface area contributed by atoms with Gasteiger partial charge in [-0.05, 0) is 50.8 Å². The number of benzene rings is 1. The Morgan fingerprint density at radius 2 is 1.89 bits per heavy atom. The number of aryl methyl sites for hydroxylation is 2. The lowest BCUT2D eigenvalue weighted by molar-refractivity contribution is -0.130. The first kappa shape index (κ1) is 26.2. The van der Waals surface area contributed by atoms with E-state index in [1.807, 2.05) is 14.0 Å². The summed E-state index contributed by atoms with van der Waals surface area (Å²) in [5, 5.41) is 10.1. The number of ether oxygens (including phenoxy) is 3. The van der Waals surface area contributed by atoms with Crippen molar-refractivity contribution in [1.82, 2.24) is 14.7 Å². The summed E-state index contributed by atoms with van der Waals surface area (Å²) in [4.78, 5) is 40.5. The molecule has 2 saturated heterocycles. The van der Waals surface area contributed by atoms with Crippen LogP contribution in [0.15, 0.2) is 24.4 Å². The molecule has 2 fully saturated rings. The van der Waals surface area contributed by atoms with Gasteiger partial charge in [0.05, 0.1) is 35.5 Å². The zero-order valence-corrected chi connectivity index (χ0v) is 22.1. The summed E-state index contributed by atoms with van der Waals surface area (Å²) in [6.45, 7) is 3.26. The van der Waals surface area contributed by atoms with E-state index in [4.69, 9.17) is 14.2 Å². The summed E-state index contributed by atoms with van der Waals surface area (Å²) in [6.07, 6.45) is 4.06. The minimum atomic E-state index is -0.364. The third kappa shape index (κ3) is 5.68. The highest BCUT2D eigenvalue weighted by atomic mass is 16.5. The molecule has 1 aromatic heterocycles. The highest BCUT2D eigenvalue weighted by molar-refractivity contribution is 6.00. The van der Waals surface area contributed by atoms with Gasteiger partial charge in [-0.25, -0.2) is 0 Å². The molecular weight excluding hydrogens is 490 g/mol. The maximum Gasteiger partial charge on any atom is 0.257 e. The molecule has 204 valence electrons. The van der Waals surface area contributed by atoms with Crippen molar-refractivity contribution in [3.8, 4) is 5.75 Å². The van der Waals surface area contributed by atoms with E-state index in [-0.39, 0.29) is 54.9 Å². The number of fused-ring (bicyclic) bond motifs is 2. The van der Waals surface area contributed by atoms with Gasteiger partial charge in [0.1, 0.15) is 18.5 Å². The Kier molecular flexibility index (Phi) is 7.66. The molecule has 0 bridgehead atoms. The number of rotatable bonds is 5. The zero-order valence-electron chi connectivity index (χ0n) is 22.1. The van der Waals surface area contributed by atoms with Crippen molar-refractivity contribution < 1.29 is 28.6 Å². The molecule has 0 unspecified atom stereocenters. The molecule has 3 aliphatic heterocycles. The second kappa shape index (κ2) is 11.1. The SMILES string of the molecule is Cc1nn(C)cc1NC(=O)C[C@H]1CC[C@H]2[C@@H](COc3ccc(NC(=O)C4CCOCC4)cc3C(=O)N2C)O1. The molecule has 4 heterocycles. The van der Waals surface area contributed by atoms with Crippen molar-refractivity contribution in [2.45, 2.75) is 57.3 Å². The van der Waals surface area contributed by atoms with Gasteiger partial charge in [-0.15, -0.1) is 0 Å². The average molecular weight is 526 g/mol. The van der Waals surface area contributed by atoms with Gasteiger partial charge in [0.15, 0.2) is 0 Å². The second-order valence-electron chi connectivity index (χ2n) is 10.3. The Balaban J connectivity index is 1.23. The molecule has 11 heteroatoms. The second-order valence-corrected chi connectivity index (χ2v) is 10.3. The number of nitrogens with zero attached hydrogens (tertiary/aromatic N) is 3. The number of aromatic nitrogens is 2. The smallest absolute Gasteiger partial charge is 0.257 e. The lowest BCUT2D eigenvalue weighted by Crippen LogP contribution is -2.53. The summed E-state index contributed by atoms with van der Waals surface area (Å²) in [7, 11) is 3.58. The number of hydrogen-bond donors (Lipinski definition) is 2. The van der Waals surface area contributed by atoms with Crippen molar-refractivity contribution in [2.75, 3.05) is 37.5 Å². The largest absolute Gasteiger partial charge is 0.490 e. The molecule has 3 aliphatic rings. The monoisotopic (exact) mass is 525 g/mol. The van der Waals surface area contributed by atoms with Crippen LogP contribution in [0, 0.1) is 12.8 Å². The first-order valence-corrected chi connectivity index (χ1v) is 13.2.